The standard InChI is InChI=1S/C12H24O2/c1-4-10(5-2)12(13)9-7-6-8-11(12)14-3/h10-11,13H,4-9H2,1-3H3. The number of aliphatic hydroxyl groups is 1. The van der Waals surface area contributed by atoms with Crippen LogP contribution in [0.5, 0.6) is 0 Å². The molecule has 0 radical (unpaired) electrons. The number of hydrogen-bond donors (Lipinski definition) is 1. The Kier molecular flexibility index (Phi) is 4.39. The molecule has 14 heavy (non-hydrogen) atoms. The largest absolute Gasteiger partial charge is 0.387 e. The molecule has 1 aliphatic rings. The van der Waals surface area contributed by atoms with E-state index in [0.717, 1.165) is 32.1 Å². The minimum absolute atomic E-state index is 0.0566. The molecule has 1 N–H and O–H groups in total. The normalized spacial score (nSPS) is 33.6. The molecule has 2 heteroatoms. The molecule has 0 aliphatic heterocycles. The van der Waals surface area contributed by atoms with Crippen molar-refractivity contribution in [3.05, 3.63) is 0 Å². The topological polar surface area (TPSA) is 29.5 Å². The van der Waals surface area contributed by atoms with E-state index in [4.69, 9.17) is 4.74 Å². The van der Waals surface area contributed by atoms with Crippen molar-refractivity contribution in [2.24, 2.45) is 5.92 Å². The van der Waals surface area contributed by atoms with Crippen molar-refractivity contribution >= 4 is 0 Å². The van der Waals surface area contributed by atoms with E-state index in [1.807, 2.05) is 0 Å². The molecular formula is C12H24O2. The van der Waals surface area contributed by atoms with Crippen LogP contribution in [0.15, 0.2) is 0 Å². The third kappa shape index (κ3) is 2.12. The SMILES string of the molecule is CCC(CC)C1(O)CCCCC1OC. The van der Waals surface area contributed by atoms with Gasteiger partial charge >= 0.3 is 0 Å². The predicted molar refractivity (Wildman–Crippen MR) is 58.3 cm³/mol. The molecule has 0 aromatic rings. The van der Waals surface area contributed by atoms with E-state index in [2.05, 4.69) is 13.8 Å². The van der Waals surface area contributed by atoms with Crippen molar-refractivity contribution in [2.45, 2.75) is 64.1 Å². The molecular weight excluding hydrogens is 176 g/mol. The quantitative estimate of drug-likeness (QED) is 0.756. The smallest absolute Gasteiger partial charge is 0.0935 e. The van der Waals surface area contributed by atoms with E-state index in [9.17, 15) is 5.11 Å². The lowest BCUT2D eigenvalue weighted by atomic mass is 9.71. The Balaban J connectivity index is 2.75. The van der Waals surface area contributed by atoms with Gasteiger partial charge in [0, 0.05) is 7.11 Å². The second-order valence-electron chi connectivity index (χ2n) is 4.47. The molecule has 0 bridgehead atoms. The lowest BCUT2D eigenvalue weighted by molar-refractivity contribution is -0.150. The average molecular weight is 200 g/mol. The Labute approximate surface area is 87.7 Å². The highest BCUT2D eigenvalue weighted by Gasteiger charge is 2.43. The highest BCUT2D eigenvalue weighted by Crippen LogP contribution is 2.39. The van der Waals surface area contributed by atoms with Gasteiger partial charge in [0.1, 0.15) is 0 Å². The number of hydrogen-bond acceptors (Lipinski definition) is 2. The molecule has 1 aliphatic carbocycles. The predicted octanol–water partition coefficient (Wildman–Crippen LogP) is 2.74. The van der Waals surface area contributed by atoms with Crippen LogP contribution in [0.4, 0.5) is 0 Å². The van der Waals surface area contributed by atoms with Crippen LogP contribution in [0.1, 0.15) is 52.4 Å². The maximum atomic E-state index is 10.7. The Hall–Kier alpha value is -0.0800. The number of rotatable bonds is 4. The summed E-state index contributed by atoms with van der Waals surface area (Å²) in [5.41, 5.74) is -0.559. The first-order valence-corrected chi connectivity index (χ1v) is 5.94. The van der Waals surface area contributed by atoms with Gasteiger partial charge in [-0.15, -0.1) is 0 Å². The van der Waals surface area contributed by atoms with Crippen molar-refractivity contribution < 1.29 is 9.84 Å². The van der Waals surface area contributed by atoms with E-state index < -0.39 is 5.60 Å². The molecule has 0 amide bonds. The van der Waals surface area contributed by atoms with Gasteiger partial charge in [0.2, 0.25) is 0 Å². The maximum absolute atomic E-state index is 10.7. The van der Waals surface area contributed by atoms with E-state index in [1.54, 1.807) is 7.11 Å². The molecule has 2 unspecified atom stereocenters. The molecule has 2 atom stereocenters. The van der Waals surface area contributed by atoms with Gasteiger partial charge in [0.25, 0.3) is 0 Å². The monoisotopic (exact) mass is 200 g/mol. The molecule has 0 spiro atoms. The van der Waals surface area contributed by atoms with E-state index in [-0.39, 0.29) is 6.10 Å². The summed E-state index contributed by atoms with van der Waals surface area (Å²) in [6.45, 7) is 4.32. The Morgan fingerprint density at radius 2 is 2.00 bits per heavy atom. The second kappa shape index (κ2) is 5.13. The summed E-state index contributed by atoms with van der Waals surface area (Å²) in [7, 11) is 1.73. The lowest BCUT2D eigenvalue weighted by Gasteiger charge is -2.44. The summed E-state index contributed by atoms with van der Waals surface area (Å²) >= 11 is 0. The number of ether oxygens (including phenoxy) is 1. The molecule has 84 valence electrons. The van der Waals surface area contributed by atoms with Crippen LogP contribution in [0.3, 0.4) is 0 Å². The van der Waals surface area contributed by atoms with Gasteiger partial charge in [-0.1, -0.05) is 39.5 Å². The van der Waals surface area contributed by atoms with Gasteiger partial charge in [-0.05, 0) is 18.8 Å². The molecule has 2 nitrogen and oxygen atoms in total. The zero-order chi connectivity index (χ0) is 10.6. The molecule has 1 fully saturated rings. The fraction of sp³-hybridized carbons (Fsp3) is 1.00. The summed E-state index contributed by atoms with van der Waals surface area (Å²) in [4.78, 5) is 0. The fourth-order valence-corrected chi connectivity index (χ4v) is 2.93. The van der Waals surface area contributed by atoms with Crippen molar-refractivity contribution in [3.63, 3.8) is 0 Å². The van der Waals surface area contributed by atoms with Crippen molar-refractivity contribution in [2.75, 3.05) is 7.11 Å². The highest BCUT2D eigenvalue weighted by molar-refractivity contribution is 4.95. The Bertz CT molecular complexity index is 156. The minimum Gasteiger partial charge on any atom is -0.387 e. The van der Waals surface area contributed by atoms with Crippen LogP contribution < -0.4 is 0 Å². The second-order valence-corrected chi connectivity index (χ2v) is 4.47. The molecule has 1 saturated carbocycles. The zero-order valence-electron chi connectivity index (χ0n) is 9.75. The van der Waals surface area contributed by atoms with Gasteiger partial charge in [0.05, 0.1) is 11.7 Å². The summed E-state index contributed by atoms with van der Waals surface area (Å²) in [5.74, 6) is 0.396. The van der Waals surface area contributed by atoms with Crippen LogP contribution in [-0.4, -0.2) is 23.9 Å². The molecule has 1 rings (SSSR count). The summed E-state index contributed by atoms with van der Waals surface area (Å²) in [6.07, 6.45) is 6.43. The highest BCUT2D eigenvalue weighted by atomic mass is 16.5. The summed E-state index contributed by atoms with van der Waals surface area (Å²) < 4.78 is 5.44. The van der Waals surface area contributed by atoms with Gasteiger partial charge in [-0.3, -0.25) is 0 Å². The lowest BCUT2D eigenvalue weighted by Crippen LogP contribution is -2.51. The van der Waals surface area contributed by atoms with Crippen LogP contribution in [-0.2, 0) is 4.74 Å². The van der Waals surface area contributed by atoms with Crippen LogP contribution in [0, 0.1) is 5.92 Å². The van der Waals surface area contributed by atoms with Crippen molar-refractivity contribution in [1.82, 2.24) is 0 Å². The fourth-order valence-electron chi connectivity index (χ4n) is 2.93. The Morgan fingerprint density at radius 3 is 2.50 bits per heavy atom. The number of methoxy groups -OCH3 is 1. The molecule has 0 aromatic heterocycles. The van der Waals surface area contributed by atoms with Crippen molar-refractivity contribution in [1.29, 1.82) is 0 Å². The molecule has 0 heterocycles. The van der Waals surface area contributed by atoms with Gasteiger partial charge in [0.15, 0.2) is 0 Å². The average Bonchev–Trinajstić information content (AvgIpc) is 2.20. The first kappa shape index (κ1) is 12.0. The van der Waals surface area contributed by atoms with Crippen molar-refractivity contribution in [3.8, 4) is 0 Å². The summed E-state index contributed by atoms with van der Waals surface area (Å²) in [6, 6.07) is 0. The third-order valence-electron chi connectivity index (χ3n) is 3.83. The molecule has 0 saturated heterocycles. The van der Waals surface area contributed by atoms with Crippen LogP contribution in [0.25, 0.3) is 0 Å². The maximum Gasteiger partial charge on any atom is 0.0935 e. The zero-order valence-corrected chi connectivity index (χ0v) is 9.75. The third-order valence-corrected chi connectivity index (χ3v) is 3.83. The summed E-state index contributed by atoms with van der Waals surface area (Å²) in [5, 5.41) is 10.7. The molecule has 0 aromatic carbocycles. The van der Waals surface area contributed by atoms with Crippen LogP contribution in [0.2, 0.25) is 0 Å². The van der Waals surface area contributed by atoms with E-state index >= 15 is 0 Å². The van der Waals surface area contributed by atoms with Gasteiger partial charge in [-0.25, -0.2) is 0 Å². The van der Waals surface area contributed by atoms with Gasteiger partial charge < -0.3 is 9.84 Å². The van der Waals surface area contributed by atoms with Crippen LogP contribution >= 0.6 is 0 Å². The van der Waals surface area contributed by atoms with Gasteiger partial charge in [-0.2, -0.15) is 0 Å². The first-order chi connectivity index (χ1) is 6.69. The minimum atomic E-state index is -0.559. The Morgan fingerprint density at radius 1 is 1.36 bits per heavy atom. The van der Waals surface area contributed by atoms with E-state index in [1.165, 1.54) is 6.42 Å². The van der Waals surface area contributed by atoms with E-state index in [0.29, 0.717) is 5.92 Å². The first-order valence-electron chi connectivity index (χ1n) is 5.94.